The van der Waals surface area contributed by atoms with Crippen molar-refractivity contribution in [3.63, 3.8) is 0 Å². The van der Waals surface area contributed by atoms with Crippen molar-refractivity contribution in [2.24, 2.45) is 22.0 Å². The summed E-state index contributed by atoms with van der Waals surface area (Å²) >= 11 is 2.11. The molecule has 0 radical (unpaired) electrons. The zero-order valence-corrected chi connectivity index (χ0v) is 21.8. The monoisotopic (exact) mass is 547 g/mol. The quantitative estimate of drug-likeness (QED) is 0.230. The van der Waals surface area contributed by atoms with E-state index in [0.29, 0.717) is 9.99 Å². The van der Waals surface area contributed by atoms with Gasteiger partial charge < -0.3 is 19.9 Å². The molecule has 7 nitrogen and oxygen atoms in total. The van der Waals surface area contributed by atoms with Crippen LogP contribution < -0.4 is 15.2 Å². The Hall–Kier alpha value is -1.68. The van der Waals surface area contributed by atoms with Crippen molar-refractivity contribution >= 4 is 40.5 Å². The predicted molar refractivity (Wildman–Crippen MR) is 127 cm³/mol. The molecule has 0 aliphatic rings. The Morgan fingerprint density at radius 1 is 0.871 bits per heavy atom. The summed E-state index contributed by atoms with van der Waals surface area (Å²) in [6.07, 6.45) is -0.741. The summed E-state index contributed by atoms with van der Waals surface area (Å²) in [4.78, 5) is 37.4. The van der Waals surface area contributed by atoms with Gasteiger partial charge in [-0.05, 0) is 73.1 Å². The highest BCUT2D eigenvalue weighted by atomic mass is 127. The van der Waals surface area contributed by atoms with E-state index in [4.69, 9.17) is 19.9 Å². The molecule has 0 spiro atoms. The molecule has 1 atom stereocenters. The highest BCUT2D eigenvalue weighted by Crippen LogP contribution is 2.35. The number of nitrogens with two attached hydrogens (primary N) is 1. The van der Waals surface area contributed by atoms with Crippen LogP contribution in [0.4, 0.5) is 0 Å². The molecule has 174 valence electrons. The van der Waals surface area contributed by atoms with Gasteiger partial charge in [-0.2, -0.15) is 0 Å². The van der Waals surface area contributed by atoms with Gasteiger partial charge in [0.1, 0.15) is 6.10 Å². The fourth-order valence-corrected chi connectivity index (χ4v) is 2.30. The van der Waals surface area contributed by atoms with Gasteiger partial charge >= 0.3 is 17.9 Å². The van der Waals surface area contributed by atoms with E-state index >= 15 is 0 Å². The van der Waals surface area contributed by atoms with Crippen LogP contribution in [-0.4, -0.2) is 28.9 Å². The number of hydrogen-bond acceptors (Lipinski definition) is 7. The number of carbonyl (C=O) groups excluding carboxylic acids is 3. The van der Waals surface area contributed by atoms with Crippen LogP contribution in [0.5, 0.6) is 11.5 Å². The maximum Gasteiger partial charge on any atom is 0.317 e. The molecule has 1 aromatic carbocycles. The lowest BCUT2D eigenvalue weighted by atomic mass is 9.96. The molecule has 0 fully saturated rings. The van der Waals surface area contributed by atoms with E-state index in [1.54, 1.807) is 61.5 Å². The van der Waals surface area contributed by atoms with Crippen LogP contribution in [0.15, 0.2) is 18.2 Å². The standard InChI is InChI=1S/C23H34INO6/c1-21(2,3)18(26)30-16-11-14(17(12-25)31-19(27)22(4,5)6)9-10-15(16)29-20(28)23(7,8)13-24/h9-11,17H,12-13,25H2,1-8H3. The van der Waals surface area contributed by atoms with Crippen molar-refractivity contribution in [3.8, 4) is 11.5 Å². The third-order valence-electron chi connectivity index (χ3n) is 4.32. The highest BCUT2D eigenvalue weighted by molar-refractivity contribution is 14.1. The van der Waals surface area contributed by atoms with Gasteiger partial charge in [0.05, 0.1) is 16.2 Å². The van der Waals surface area contributed by atoms with Crippen molar-refractivity contribution < 1.29 is 28.6 Å². The molecular formula is C23H34INO6. The Morgan fingerprint density at radius 2 is 1.39 bits per heavy atom. The molecule has 0 saturated carbocycles. The Balaban J connectivity index is 3.35. The maximum atomic E-state index is 12.6. The van der Waals surface area contributed by atoms with E-state index in [9.17, 15) is 14.4 Å². The van der Waals surface area contributed by atoms with Gasteiger partial charge in [-0.15, -0.1) is 0 Å². The van der Waals surface area contributed by atoms with Gasteiger partial charge in [-0.1, -0.05) is 28.7 Å². The van der Waals surface area contributed by atoms with E-state index < -0.39 is 40.3 Å². The van der Waals surface area contributed by atoms with E-state index in [2.05, 4.69) is 22.6 Å². The molecule has 1 rings (SSSR count). The lowest BCUT2D eigenvalue weighted by Gasteiger charge is -2.24. The second-order valence-corrected chi connectivity index (χ2v) is 10.9. The number of ether oxygens (including phenoxy) is 3. The smallest absolute Gasteiger partial charge is 0.317 e. The molecule has 0 heterocycles. The van der Waals surface area contributed by atoms with E-state index in [1.165, 1.54) is 12.1 Å². The summed E-state index contributed by atoms with van der Waals surface area (Å²) in [5.41, 5.74) is 4.18. The lowest BCUT2D eigenvalue weighted by molar-refractivity contribution is -0.158. The zero-order chi connectivity index (χ0) is 24.2. The number of hydrogen-bond donors (Lipinski definition) is 1. The minimum absolute atomic E-state index is 0.0372. The lowest BCUT2D eigenvalue weighted by Crippen LogP contribution is -2.31. The van der Waals surface area contributed by atoms with Crippen LogP contribution in [0, 0.1) is 16.2 Å². The maximum absolute atomic E-state index is 12.6. The molecule has 0 bridgehead atoms. The van der Waals surface area contributed by atoms with Crippen LogP contribution in [0.25, 0.3) is 0 Å². The second kappa shape index (κ2) is 10.3. The Labute approximate surface area is 198 Å². The van der Waals surface area contributed by atoms with E-state index in [-0.39, 0.29) is 18.0 Å². The van der Waals surface area contributed by atoms with Gasteiger partial charge in [0, 0.05) is 11.0 Å². The topological polar surface area (TPSA) is 105 Å². The first kappa shape index (κ1) is 27.4. The van der Waals surface area contributed by atoms with Crippen LogP contribution in [-0.2, 0) is 19.1 Å². The van der Waals surface area contributed by atoms with Crippen LogP contribution >= 0.6 is 22.6 Å². The van der Waals surface area contributed by atoms with Crippen LogP contribution in [0.1, 0.15) is 67.1 Å². The molecule has 0 aromatic heterocycles. The Morgan fingerprint density at radius 3 is 1.84 bits per heavy atom. The fraction of sp³-hybridized carbons (Fsp3) is 0.609. The summed E-state index contributed by atoms with van der Waals surface area (Å²) in [6.45, 7) is 14.0. The molecule has 31 heavy (non-hydrogen) atoms. The summed E-state index contributed by atoms with van der Waals surface area (Å²) in [7, 11) is 0. The van der Waals surface area contributed by atoms with Gasteiger partial charge in [-0.3, -0.25) is 14.4 Å². The number of alkyl halides is 1. The number of benzene rings is 1. The fourth-order valence-electron chi connectivity index (χ4n) is 1.99. The largest absolute Gasteiger partial charge is 0.456 e. The van der Waals surface area contributed by atoms with Crippen molar-refractivity contribution in [1.29, 1.82) is 0 Å². The molecule has 2 N–H and O–H groups in total. The third-order valence-corrected chi connectivity index (χ3v) is 6.23. The molecule has 1 unspecified atom stereocenters. The van der Waals surface area contributed by atoms with Crippen molar-refractivity contribution in [1.82, 2.24) is 0 Å². The first-order chi connectivity index (χ1) is 14.0. The molecule has 0 aliphatic carbocycles. The van der Waals surface area contributed by atoms with Gasteiger partial charge in [0.15, 0.2) is 11.5 Å². The predicted octanol–water partition coefficient (Wildman–Crippen LogP) is 4.59. The normalized spacial score (nSPS) is 13.4. The summed E-state index contributed by atoms with van der Waals surface area (Å²) in [5, 5.41) is 0. The number of halogens is 1. The first-order valence-corrected chi connectivity index (χ1v) is 11.6. The van der Waals surface area contributed by atoms with Gasteiger partial charge in [0.2, 0.25) is 0 Å². The van der Waals surface area contributed by atoms with E-state index in [1.807, 2.05) is 0 Å². The zero-order valence-electron chi connectivity index (χ0n) is 19.6. The number of esters is 3. The minimum Gasteiger partial charge on any atom is -0.456 e. The van der Waals surface area contributed by atoms with Gasteiger partial charge in [0.25, 0.3) is 0 Å². The third kappa shape index (κ3) is 7.75. The molecule has 8 heteroatoms. The Kier molecular flexibility index (Phi) is 9.08. The summed E-state index contributed by atoms with van der Waals surface area (Å²) < 4.78 is 17.2. The molecule has 0 amide bonds. The number of carbonyl (C=O) groups is 3. The van der Waals surface area contributed by atoms with Gasteiger partial charge in [-0.25, -0.2) is 0 Å². The molecular weight excluding hydrogens is 513 g/mol. The minimum atomic E-state index is -0.773. The second-order valence-electron chi connectivity index (χ2n) is 10.1. The summed E-state index contributed by atoms with van der Waals surface area (Å²) in [5.74, 6) is -1.17. The molecule has 1 aromatic rings. The average molecular weight is 547 g/mol. The SMILES string of the molecule is CC(C)(C)C(=O)Oc1cc(C(CN)OC(=O)C(C)(C)C)ccc1OC(=O)C(C)(C)CI. The molecule has 0 aliphatic heterocycles. The van der Waals surface area contributed by atoms with Crippen molar-refractivity contribution in [3.05, 3.63) is 23.8 Å². The van der Waals surface area contributed by atoms with Crippen molar-refractivity contribution in [2.75, 3.05) is 11.0 Å². The van der Waals surface area contributed by atoms with Crippen LogP contribution in [0.2, 0.25) is 0 Å². The Bertz CT molecular complexity index is 820. The first-order valence-electron chi connectivity index (χ1n) is 10.1. The van der Waals surface area contributed by atoms with Crippen molar-refractivity contribution in [2.45, 2.75) is 61.5 Å². The average Bonchev–Trinajstić information content (AvgIpc) is 2.65. The summed E-state index contributed by atoms with van der Waals surface area (Å²) in [6, 6.07) is 4.69. The molecule has 0 saturated heterocycles. The van der Waals surface area contributed by atoms with E-state index in [0.717, 1.165) is 0 Å². The highest BCUT2D eigenvalue weighted by Gasteiger charge is 2.32. The van der Waals surface area contributed by atoms with Crippen LogP contribution in [0.3, 0.4) is 0 Å². The number of rotatable bonds is 7.